The molecule has 1 aliphatic carbocycles. The Balaban J connectivity index is 1.84. The van der Waals surface area contributed by atoms with Crippen molar-refractivity contribution in [1.29, 1.82) is 0 Å². The molecule has 3 rings (SSSR count). The molecule has 0 radical (unpaired) electrons. The summed E-state index contributed by atoms with van der Waals surface area (Å²) < 4.78 is 0. The van der Waals surface area contributed by atoms with Crippen LogP contribution in [-0.2, 0) is 4.79 Å². The molecule has 0 unspecified atom stereocenters. The molecule has 2 aliphatic rings. The molecule has 1 aromatic carbocycles. The number of imide groups is 1. The number of halogens is 1. The van der Waals surface area contributed by atoms with Gasteiger partial charge in [0.05, 0.1) is 5.69 Å². The number of hydrogen-bond acceptors (Lipinski definition) is 2. The van der Waals surface area contributed by atoms with Gasteiger partial charge >= 0.3 is 6.03 Å². The van der Waals surface area contributed by atoms with Gasteiger partial charge in [0.2, 0.25) is 0 Å². The van der Waals surface area contributed by atoms with E-state index in [0.29, 0.717) is 16.6 Å². The van der Waals surface area contributed by atoms with E-state index < -0.39 is 5.54 Å². The van der Waals surface area contributed by atoms with E-state index in [-0.39, 0.29) is 11.9 Å². The second-order valence-electron chi connectivity index (χ2n) is 5.98. The molecule has 21 heavy (non-hydrogen) atoms. The third-order valence-electron chi connectivity index (χ3n) is 4.78. The van der Waals surface area contributed by atoms with Gasteiger partial charge in [-0.1, -0.05) is 24.9 Å². The first kappa shape index (κ1) is 14.4. The lowest BCUT2D eigenvalue weighted by atomic mass is 9.75. The van der Waals surface area contributed by atoms with Crippen LogP contribution in [0.25, 0.3) is 0 Å². The molecular weight excluding hydrogens is 288 g/mol. The Bertz CT molecular complexity index is 562. The van der Waals surface area contributed by atoms with Crippen molar-refractivity contribution in [2.24, 2.45) is 5.92 Å². The fourth-order valence-electron chi connectivity index (χ4n) is 3.36. The topological polar surface area (TPSA) is 49.4 Å². The molecule has 5 heteroatoms. The lowest BCUT2D eigenvalue weighted by molar-refractivity contribution is -0.123. The van der Waals surface area contributed by atoms with Crippen molar-refractivity contribution in [3.05, 3.63) is 29.3 Å². The third-order valence-corrected chi connectivity index (χ3v) is 5.03. The summed E-state index contributed by atoms with van der Waals surface area (Å²) in [6.45, 7) is 2.18. The maximum atomic E-state index is 12.8. The Morgan fingerprint density at radius 2 is 1.86 bits per heavy atom. The summed E-state index contributed by atoms with van der Waals surface area (Å²) in [5, 5.41) is 3.52. The van der Waals surface area contributed by atoms with Crippen molar-refractivity contribution in [1.82, 2.24) is 5.32 Å². The Morgan fingerprint density at radius 3 is 2.43 bits per heavy atom. The molecule has 1 heterocycles. The standard InChI is InChI=1S/C16H19ClN2O2/c1-2-11-7-9-16(10-8-11)14(20)19(15(21)18-16)13-5-3-12(17)4-6-13/h3-6,11H,2,7-10H2,1H3,(H,18,21). The van der Waals surface area contributed by atoms with Gasteiger partial charge in [0.25, 0.3) is 5.91 Å². The smallest absolute Gasteiger partial charge is 0.323 e. The number of nitrogens with zero attached hydrogens (tertiary/aromatic N) is 1. The van der Waals surface area contributed by atoms with Gasteiger partial charge < -0.3 is 5.32 Å². The van der Waals surface area contributed by atoms with E-state index in [0.717, 1.165) is 32.1 Å². The number of rotatable bonds is 2. The lowest BCUT2D eigenvalue weighted by Gasteiger charge is -2.34. The van der Waals surface area contributed by atoms with Crippen LogP contribution in [0.1, 0.15) is 39.0 Å². The van der Waals surface area contributed by atoms with E-state index in [2.05, 4.69) is 12.2 Å². The first-order chi connectivity index (χ1) is 10.1. The van der Waals surface area contributed by atoms with E-state index in [4.69, 9.17) is 11.6 Å². The van der Waals surface area contributed by atoms with Crippen LogP contribution in [0.5, 0.6) is 0 Å². The highest BCUT2D eigenvalue weighted by atomic mass is 35.5. The van der Waals surface area contributed by atoms with Crippen LogP contribution in [0.3, 0.4) is 0 Å². The number of amides is 3. The van der Waals surface area contributed by atoms with Crippen molar-refractivity contribution in [2.45, 2.75) is 44.6 Å². The van der Waals surface area contributed by atoms with Crippen LogP contribution < -0.4 is 10.2 Å². The van der Waals surface area contributed by atoms with E-state index in [9.17, 15) is 9.59 Å². The largest absolute Gasteiger partial charge is 0.329 e. The molecule has 0 atom stereocenters. The SMILES string of the molecule is CCC1CCC2(CC1)NC(=O)N(c1ccc(Cl)cc1)C2=O. The van der Waals surface area contributed by atoms with Gasteiger partial charge in [-0.3, -0.25) is 4.79 Å². The fraction of sp³-hybridized carbons (Fsp3) is 0.500. The molecule has 0 aromatic heterocycles. The van der Waals surface area contributed by atoms with E-state index in [1.165, 1.54) is 4.90 Å². The van der Waals surface area contributed by atoms with Crippen molar-refractivity contribution >= 4 is 29.2 Å². The number of nitrogens with one attached hydrogen (secondary N) is 1. The Morgan fingerprint density at radius 1 is 1.24 bits per heavy atom. The van der Waals surface area contributed by atoms with Crippen molar-refractivity contribution < 1.29 is 9.59 Å². The predicted octanol–water partition coefficient (Wildman–Crippen LogP) is 3.74. The highest BCUT2D eigenvalue weighted by Crippen LogP contribution is 2.39. The van der Waals surface area contributed by atoms with E-state index >= 15 is 0 Å². The van der Waals surface area contributed by atoms with Crippen LogP contribution in [0.2, 0.25) is 5.02 Å². The zero-order valence-electron chi connectivity index (χ0n) is 12.1. The van der Waals surface area contributed by atoms with Gasteiger partial charge in [0, 0.05) is 5.02 Å². The molecule has 0 bridgehead atoms. The molecule has 1 aromatic rings. The Kier molecular flexibility index (Phi) is 3.66. The summed E-state index contributed by atoms with van der Waals surface area (Å²) in [5.41, 5.74) is -0.112. The zero-order valence-corrected chi connectivity index (χ0v) is 12.8. The molecule has 112 valence electrons. The highest BCUT2D eigenvalue weighted by Gasteiger charge is 2.52. The first-order valence-corrected chi connectivity index (χ1v) is 7.86. The maximum absolute atomic E-state index is 12.8. The molecule has 1 spiro atoms. The van der Waals surface area contributed by atoms with Crippen LogP contribution in [-0.4, -0.2) is 17.5 Å². The molecular formula is C16H19ClN2O2. The average molecular weight is 307 g/mol. The van der Waals surface area contributed by atoms with Crippen molar-refractivity contribution in [3.8, 4) is 0 Å². The number of carbonyl (C=O) groups excluding carboxylic acids is 2. The van der Waals surface area contributed by atoms with E-state index in [1.807, 2.05) is 0 Å². The molecule has 3 amide bonds. The minimum Gasteiger partial charge on any atom is -0.323 e. The summed E-state index contributed by atoms with van der Waals surface area (Å²) in [6.07, 6.45) is 4.60. The van der Waals surface area contributed by atoms with Crippen LogP contribution in [0.4, 0.5) is 10.5 Å². The summed E-state index contributed by atoms with van der Waals surface area (Å²) in [5.74, 6) is 0.550. The summed E-state index contributed by atoms with van der Waals surface area (Å²) in [7, 11) is 0. The number of urea groups is 1. The molecule has 1 saturated carbocycles. The molecule has 1 N–H and O–H groups in total. The van der Waals surface area contributed by atoms with Crippen LogP contribution in [0, 0.1) is 5.92 Å². The molecule has 4 nitrogen and oxygen atoms in total. The minimum absolute atomic E-state index is 0.121. The third kappa shape index (κ3) is 2.42. The number of hydrogen-bond donors (Lipinski definition) is 1. The maximum Gasteiger partial charge on any atom is 0.329 e. The molecule has 1 aliphatic heterocycles. The van der Waals surface area contributed by atoms with Crippen LogP contribution >= 0.6 is 11.6 Å². The summed E-state index contributed by atoms with van der Waals surface area (Å²) in [6, 6.07) is 6.47. The number of benzene rings is 1. The molecule has 1 saturated heterocycles. The Hall–Kier alpha value is -1.55. The zero-order chi connectivity index (χ0) is 15.0. The van der Waals surface area contributed by atoms with Gasteiger partial charge in [-0.25, -0.2) is 9.69 Å². The highest BCUT2D eigenvalue weighted by molar-refractivity contribution is 6.30. The monoisotopic (exact) mass is 306 g/mol. The second kappa shape index (κ2) is 5.34. The normalized spacial score (nSPS) is 29.0. The van der Waals surface area contributed by atoms with Gasteiger partial charge in [0.1, 0.15) is 5.54 Å². The van der Waals surface area contributed by atoms with Gasteiger partial charge in [-0.05, 0) is 55.9 Å². The lowest BCUT2D eigenvalue weighted by Crippen LogP contribution is -2.49. The quantitative estimate of drug-likeness (QED) is 0.846. The van der Waals surface area contributed by atoms with Crippen molar-refractivity contribution in [3.63, 3.8) is 0 Å². The first-order valence-electron chi connectivity index (χ1n) is 7.48. The second-order valence-corrected chi connectivity index (χ2v) is 6.42. The van der Waals surface area contributed by atoms with Gasteiger partial charge in [0.15, 0.2) is 0 Å². The van der Waals surface area contributed by atoms with Gasteiger partial charge in [-0.2, -0.15) is 0 Å². The van der Waals surface area contributed by atoms with Crippen LogP contribution in [0.15, 0.2) is 24.3 Å². The number of anilines is 1. The minimum atomic E-state index is -0.692. The number of carbonyl (C=O) groups is 2. The summed E-state index contributed by atoms with van der Waals surface area (Å²) >= 11 is 5.86. The van der Waals surface area contributed by atoms with Crippen molar-refractivity contribution in [2.75, 3.05) is 4.90 Å². The molecule has 2 fully saturated rings. The Labute approximate surface area is 129 Å². The van der Waals surface area contributed by atoms with Gasteiger partial charge in [-0.15, -0.1) is 0 Å². The fourth-order valence-corrected chi connectivity index (χ4v) is 3.49. The summed E-state index contributed by atoms with van der Waals surface area (Å²) in [4.78, 5) is 26.3. The van der Waals surface area contributed by atoms with E-state index in [1.54, 1.807) is 24.3 Å². The average Bonchev–Trinajstić information content (AvgIpc) is 2.72. The predicted molar refractivity (Wildman–Crippen MR) is 82.4 cm³/mol.